The molecule has 7 nitrogen and oxygen atoms in total. The summed E-state index contributed by atoms with van der Waals surface area (Å²) in [6.07, 6.45) is -4.22. The van der Waals surface area contributed by atoms with E-state index >= 15 is 0 Å². The first-order chi connectivity index (χ1) is 14.7. The molecule has 0 aliphatic heterocycles. The van der Waals surface area contributed by atoms with Crippen LogP contribution >= 0.6 is 11.6 Å². The molecule has 0 atom stereocenters. The smallest absolute Gasteiger partial charge is 0.434 e. The Kier molecular flexibility index (Phi) is 6.27. The standard InChI is InChI=1S/C20H12ClF3N4O3/c21-13-2-1-3-15(8-13)28-18(20(22,23)24)16(10-26-28)19(30)31-11-17(29)27-14-6-4-12(9-25)5-7-14/h1-8,10H,11H2,(H,27,29). The van der Waals surface area contributed by atoms with Gasteiger partial charge in [-0.1, -0.05) is 17.7 Å². The molecule has 0 bridgehead atoms. The van der Waals surface area contributed by atoms with Crippen molar-refractivity contribution in [1.29, 1.82) is 5.26 Å². The molecule has 0 unspecified atom stereocenters. The molecule has 11 heteroatoms. The van der Waals surface area contributed by atoms with Crippen molar-refractivity contribution in [2.24, 2.45) is 0 Å². The van der Waals surface area contributed by atoms with Gasteiger partial charge in [0.15, 0.2) is 12.3 Å². The third kappa shape index (κ3) is 5.21. The third-order valence-corrected chi connectivity index (χ3v) is 4.18. The molecule has 0 saturated carbocycles. The van der Waals surface area contributed by atoms with Crippen molar-refractivity contribution in [3.05, 3.63) is 76.6 Å². The van der Waals surface area contributed by atoms with E-state index in [-0.39, 0.29) is 10.7 Å². The van der Waals surface area contributed by atoms with E-state index in [0.29, 0.717) is 22.1 Å². The minimum absolute atomic E-state index is 0.00238. The lowest BCUT2D eigenvalue weighted by molar-refractivity contribution is -0.143. The van der Waals surface area contributed by atoms with Gasteiger partial charge < -0.3 is 10.1 Å². The second-order valence-corrected chi connectivity index (χ2v) is 6.55. The highest BCUT2D eigenvalue weighted by Crippen LogP contribution is 2.34. The molecule has 0 spiro atoms. The Hall–Kier alpha value is -3.84. The molecule has 1 aromatic heterocycles. The SMILES string of the molecule is N#Cc1ccc(NC(=O)COC(=O)c2cnn(-c3cccc(Cl)c3)c2C(F)(F)F)cc1. The van der Waals surface area contributed by atoms with Crippen LogP contribution in [0.1, 0.15) is 21.6 Å². The minimum atomic E-state index is -4.93. The fraction of sp³-hybridized carbons (Fsp3) is 0.100. The number of carbonyl (C=O) groups is 2. The highest BCUT2D eigenvalue weighted by molar-refractivity contribution is 6.30. The van der Waals surface area contributed by atoms with Crippen LogP contribution in [0, 0.1) is 11.3 Å². The van der Waals surface area contributed by atoms with Gasteiger partial charge >= 0.3 is 12.1 Å². The number of ether oxygens (including phenoxy) is 1. The maximum Gasteiger partial charge on any atom is 0.434 e. The van der Waals surface area contributed by atoms with Crippen LogP contribution in [0.15, 0.2) is 54.7 Å². The Labute approximate surface area is 178 Å². The number of halogens is 4. The van der Waals surface area contributed by atoms with Gasteiger partial charge in [-0.2, -0.15) is 23.5 Å². The molecule has 158 valence electrons. The number of carbonyl (C=O) groups excluding carboxylic acids is 2. The maximum absolute atomic E-state index is 13.6. The minimum Gasteiger partial charge on any atom is -0.452 e. The molecular formula is C20H12ClF3N4O3. The molecule has 0 radical (unpaired) electrons. The predicted octanol–water partition coefficient (Wildman–Crippen LogP) is 4.21. The second-order valence-electron chi connectivity index (χ2n) is 6.11. The van der Waals surface area contributed by atoms with Gasteiger partial charge in [0.05, 0.1) is 23.5 Å². The first kappa shape index (κ1) is 21.9. The fourth-order valence-corrected chi connectivity index (χ4v) is 2.79. The van der Waals surface area contributed by atoms with Crippen LogP contribution in [0.25, 0.3) is 5.69 Å². The summed E-state index contributed by atoms with van der Waals surface area (Å²) in [7, 11) is 0. The highest BCUT2D eigenvalue weighted by atomic mass is 35.5. The Balaban J connectivity index is 1.75. The Bertz CT molecular complexity index is 1170. The van der Waals surface area contributed by atoms with Gasteiger partial charge in [0.1, 0.15) is 5.56 Å². The molecule has 2 aromatic carbocycles. The number of amides is 1. The fourth-order valence-electron chi connectivity index (χ4n) is 2.61. The molecular weight excluding hydrogens is 437 g/mol. The van der Waals surface area contributed by atoms with Crippen molar-refractivity contribution in [1.82, 2.24) is 9.78 Å². The molecule has 31 heavy (non-hydrogen) atoms. The van der Waals surface area contributed by atoms with Gasteiger partial charge in [-0.3, -0.25) is 4.79 Å². The van der Waals surface area contributed by atoms with Gasteiger partial charge in [0.2, 0.25) is 0 Å². The van der Waals surface area contributed by atoms with Crippen molar-refractivity contribution in [2.45, 2.75) is 6.18 Å². The number of hydrogen-bond acceptors (Lipinski definition) is 5. The van der Waals surface area contributed by atoms with E-state index in [2.05, 4.69) is 10.4 Å². The number of nitrogens with zero attached hydrogens (tertiary/aromatic N) is 3. The zero-order valence-corrected chi connectivity index (χ0v) is 16.2. The number of alkyl halides is 3. The largest absolute Gasteiger partial charge is 0.452 e. The summed E-state index contributed by atoms with van der Waals surface area (Å²) >= 11 is 5.82. The number of aromatic nitrogens is 2. The van der Waals surface area contributed by atoms with E-state index in [9.17, 15) is 22.8 Å². The first-order valence-corrected chi connectivity index (χ1v) is 8.95. The number of anilines is 1. The number of rotatable bonds is 5. The Morgan fingerprint density at radius 1 is 1.19 bits per heavy atom. The zero-order chi connectivity index (χ0) is 22.6. The van der Waals surface area contributed by atoms with Crippen molar-refractivity contribution in [2.75, 3.05) is 11.9 Å². The lowest BCUT2D eigenvalue weighted by Crippen LogP contribution is -2.23. The van der Waals surface area contributed by atoms with Crippen LogP contribution in [-0.4, -0.2) is 28.3 Å². The quantitative estimate of drug-likeness (QED) is 0.590. The molecule has 0 aliphatic carbocycles. The van der Waals surface area contributed by atoms with Gasteiger partial charge in [0.25, 0.3) is 5.91 Å². The van der Waals surface area contributed by atoms with Crippen LogP contribution in [0.3, 0.4) is 0 Å². The number of hydrogen-bond donors (Lipinski definition) is 1. The normalized spacial score (nSPS) is 10.9. The van der Waals surface area contributed by atoms with E-state index in [0.717, 1.165) is 0 Å². The summed E-state index contributed by atoms with van der Waals surface area (Å²) in [5, 5.41) is 15.0. The molecule has 0 fully saturated rings. The molecule has 3 aromatic rings. The summed E-state index contributed by atoms with van der Waals surface area (Å²) < 4.78 is 46.2. The van der Waals surface area contributed by atoms with Gasteiger partial charge in [-0.05, 0) is 42.5 Å². The summed E-state index contributed by atoms with van der Waals surface area (Å²) in [5.74, 6) is -2.13. The summed E-state index contributed by atoms with van der Waals surface area (Å²) in [4.78, 5) is 24.2. The van der Waals surface area contributed by atoms with Gasteiger partial charge in [-0.15, -0.1) is 0 Å². The first-order valence-electron chi connectivity index (χ1n) is 8.57. The Morgan fingerprint density at radius 2 is 1.90 bits per heavy atom. The number of nitriles is 1. The van der Waals surface area contributed by atoms with Crippen LogP contribution in [-0.2, 0) is 15.7 Å². The predicted molar refractivity (Wildman–Crippen MR) is 104 cm³/mol. The van der Waals surface area contributed by atoms with Crippen molar-refractivity contribution in [3.8, 4) is 11.8 Å². The molecule has 1 N–H and O–H groups in total. The van der Waals surface area contributed by atoms with Crippen molar-refractivity contribution in [3.63, 3.8) is 0 Å². The second kappa shape index (κ2) is 8.89. The van der Waals surface area contributed by atoms with Crippen molar-refractivity contribution < 1.29 is 27.5 Å². The number of nitrogens with one attached hydrogen (secondary N) is 1. The number of esters is 1. The van der Waals surface area contributed by atoms with E-state index in [1.165, 1.54) is 48.5 Å². The van der Waals surface area contributed by atoms with Crippen LogP contribution < -0.4 is 5.32 Å². The lowest BCUT2D eigenvalue weighted by Gasteiger charge is -2.13. The average Bonchev–Trinajstić information content (AvgIpc) is 3.18. The van der Waals surface area contributed by atoms with Gasteiger partial charge in [0, 0.05) is 10.7 Å². The number of benzene rings is 2. The highest BCUT2D eigenvalue weighted by Gasteiger charge is 2.41. The molecule has 3 rings (SSSR count). The van der Waals surface area contributed by atoms with Crippen LogP contribution in [0.4, 0.5) is 18.9 Å². The van der Waals surface area contributed by atoms with Crippen molar-refractivity contribution >= 4 is 29.2 Å². The van der Waals surface area contributed by atoms with E-state index < -0.39 is 35.9 Å². The van der Waals surface area contributed by atoms with E-state index in [4.69, 9.17) is 21.6 Å². The van der Waals surface area contributed by atoms with Crippen LogP contribution in [0.5, 0.6) is 0 Å². The summed E-state index contributed by atoms with van der Waals surface area (Å²) in [6.45, 7) is -0.821. The van der Waals surface area contributed by atoms with E-state index in [1.807, 2.05) is 6.07 Å². The van der Waals surface area contributed by atoms with Crippen LogP contribution in [0.2, 0.25) is 5.02 Å². The van der Waals surface area contributed by atoms with E-state index in [1.54, 1.807) is 0 Å². The monoisotopic (exact) mass is 448 g/mol. The molecule has 0 aliphatic rings. The average molecular weight is 449 g/mol. The lowest BCUT2D eigenvalue weighted by atomic mass is 10.2. The Morgan fingerprint density at radius 3 is 2.52 bits per heavy atom. The molecule has 1 heterocycles. The molecule has 0 saturated heterocycles. The van der Waals surface area contributed by atoms with Gasteiger partial charge in [-0.25, -0.2) is 9.48 Å². The zero-order valence-electron chi connectivity index (χ0n) is 15.5. The third-order valence-electron chi connectivity index (χ3n) is 3.94. The molecule has 1 amide bonds. The maximum atomic E-state index is 13.6. The summed E-state index contributed by atoms with van der Waals surface area (Å²) in [5.41, 5.74) is -1.51. The topological polar surface area (TPSA) is 97.0 Å². The summed E-state index contributed by atoms with van der Waals surface area (Å²) in [6, 6.07) is 13.2.